The van der Waals surface area contributed by atoms with Crippen molar-refractivity contribution in [3.8, 4) is 5.75 Å². The van der Waals surface area contributed by atoms with E-state index in [4.69, 9.17) is 9.26 Å². The van der Waals surface area contributed by atoms with Gasteiger partial charge in [-0.2, -0.15) is 13.2 Å². The van der Waals surface area contributed by atoms with Gasteiger partial charge < -0.3 is 19.2 Å². The molecule has 0 saturated heterocycles. The van der Waals surface area contributed by atoms with E-state index in [1.807, 2.05) is 26.8 Å². The van der Waals surface area contributed by atoms with Crippen LogP contribution in [0.15, 0.2) is 34.9 Å². The van der Waals surface area contributed by atoms with E-state index in [2.05, 4.69) is 5.16 Å². The Hall–Kier alpha value is -3.07. The zero-order valence-corrected chi connectivity index (χ0v) is 20.6. The van der Waals surface area contributed by atoms with Gasteiger partial charge in [0.1, 0.15) is 11.9 Å². The van der Waals surface area contributed by atoms with Crippen LogP contribution in [0.3, 0.4) is 0 Å². The summed E-state index contributed by atoms with van der Waals surface area (Å²) in [5.74, 6) is -0.734. The van der Waals surface area contributed by atoms with Crippen LogP contribution < -0.4 is 9.84 Å². The molecule has 0 amide bonds. The maximum Gasteiger partial charge on any atom is 0.416 e. The van der Waals surface area contributed by atoms with Gasteiger partial charge in [-0.05, 0) is 66.8 Å². The first-order valence-corrected chi connectivity index (χ1v) is 12.2. The molecule has 5 nitrogen and oxygen atoms in total. The molecule has 1 atom stereocenters. The molecule has 0 N–H and O–H groups in total. The summed E-state index contributed by atoms with van der Waals surface area (Å²) >= 11 is 1.39. The van der Waals surface area contributed by atoms with Crippen LogP contribution in [-0.4, -0.2) is 17.2 Å². The van der Waals surface area contributed by atoms with Gasteiger partial charge in [-0.25, -0.2) is 0 Å². The Morgan fingerprint density at radius 2 is 1.91 bits per heavy atom. The molecule has 0 aliphatic heterocycles. The van der Waals surface area contributed by atoms with Gasteiger partial charge in [0, 0.05) is 21.0 Å². The lowest BCUT2D eigenvalue weighted by molar-refractivity contribution is -0.313. The fourth-order valence-electron chi connectivity index (χ4n) is 4.28. The van der Waals surface area contributed by atoms with Crippen molar-refractivity contribution in [2.75, 3.05) is 0 Å². The van der Waals surface area contributed by atoms with Crippen LogP contribution in [0.4, 0.5) is 13.2 Å². The monoisotopic (exact) mass is 504 g/mol. The second kappa shape index (κ2) is 9.53. The van der Waals surface area contributed by atoms with Gasteiger partial charge in [-0.3, -0.25) is 0 Å². The highest BCUT2D eigenvalue weighted by molar-refractivity contribution is 7.19. The molecular formula is C26H25F3NO4S-. The van der Waals surface area contributed by atoms with Crippen molar-refractivity contribution in [1.82, 2.24) is 5.16 Å². The van der Waals surface area contributed by atoms with Crippen molar-refractivity contribution < 1.29 is 32.3 Å². The molecule has 0 aliphatic rings. The molecule has 9 heteroatoms. The Morgan fingerprint density at radius 3 is 2.54 bits per heavy atom. The predicted molar refractivity (Wildman–Crippen MR) is 127 cm³/mol. The second-order valence-corrected chi connectivity index (χ2v) is 10.0. The SMILES string of the molecule is CCC(Oc1cc2onc(CCc3sc4cc(C(F)(F)F)ccc4c3C(C)C)c2cc1C)C(=O)[O-]. The predicted octanol–water partition coefficient (Wildman–Crippen LogP) is 6.19. The summed E-state index contributed by atoms with van der Waals surface area (Å²) in [6.45, 7) is 7.59. The van der Waals surface area contributed by atoms with Crippen molar-refractivity contribution >= 4 is 38.4 Å². The minimum atomic E-state index is -4.38. The number of alkyl halides is 3. The summed E-state index contributed by atoms with van der Waals surface area (Å²) in [7, 11) is 0. The topological polar surface area (TPSA) is 75.4 Å². The number of ether oxygens (including phenoxy) is 1. The van der Waals surface area contributed by atoms with E-state index in [1.165, 1.54) is 17.4 Å². The quantitative estimate of drug-likeness (QED) is 0.286. The third-order valence-electron chi connectivity index (χ3n) is 6.04. The summed E-state index contributed by atoms with van der Waals surface area (Å²) < 4.78 is 51.3. The molecule has 0 radical (unpaired) electrons. The maximum atomic E-state index is 13.2. The number of aryl methyl sites for hydroxylation is 3. The molecule has 1 unspecified atom stereocenters. The minimum absolute atomic E-state index is 0.154. The zero-order chi connectivity index (χ0) is 25.5. The number of fused-ring (bicyclic) bond motifs is 2. The van der Waals surface area contributed by atoms with Gasteiger partial charge in [-0.15, -0.1) is 11.3 Å². The number of carboxylic acid groups (broad SMARTS) is 1. The third kappa shape index (κ3) is 5.00. The molecule has 2 heterocycles. The normalized spacial score (nSPS) is 13.1. The number of hydrogen-bond donors (Lipinski definition) is 0. The molecule has 0 saturated carbocycles. The molecule has 0 bridgehead atoms. The molecule has 4 rings (SSSR count). The van der Waals surface area contributed by atoms with E-state index in [0.29, 0.717) is 28.9 Å². The fourth-order valence-corrected chi connectivity index (χ4v) is 5.68. The standard InChI is InChI=1S/C26H26F3NO4S/c1-5-19(25(31)32)33-20-12-21-17(10-14(20)4)18(30-34-21)8-9-22-24(13(2)3)16-7-6-15(26(27,28)29)11-23(16)35-22/h6-7,10-13,19H,5,8-9H2,1-4H3,(H,31,32)/p-1. The van der Waals surface area contributed by atoms with Crippen LogP contribution in [0, 0.1) is 6.92 Å². The number of aromatic nitrogens is 1. The lowest BCUT2D eigenvalue weighted by Gasteiger charge is -2.19. The van der Waals surface area contributed by atoms with E-state index in [0.717, 1.165) is 38.5 Å². The number of halogens is 3. The average molecular weight is 505 g/mol. The van der Waals surface area contributed by atoms with Gasteiger partial charge in [0.15, 0.2) is 5.58 Å². The Bertz CT molecular complexity index is 1390. The number of thiophene rings is 1. The first-order valence-electron chi connectivity index (χ1n) is 11.4. The Morgan fingerprint density at radius 1 is 1.17 bits per heavy atom. The van der Waals surface area contributed by atoms with Crippen LogP contribution in [0.5, 0.6) is 5.75 Å². The van der Waals surface area contributed by atoms with Crippen LogP contribution in [-0.2, 0) is 23.8 Å². The number of nitrogens with zero attached hydrogens (tertiary/aromatic N) is 1. The molecule has 0 aliphatic carbocycles. The van der Waals surface area contributed by atoms with Crippen LogP contribution in [0.2, 0.25) is 0 Å². The smallest absolute Gasteiger partial charge is 0.416 e. The fraction of sp³-hybridized carbons (Fsp3) is 0.385. The number of carbonyl (C=O) groups excluding carboxylic acids is 1. The van der Waals surface area contributed by atoms with Gasteiger partial charge in [0.05, 0.1) is 17.2 Å². The Kier molecular flexibility index (Phi) is 6.81. The minimum Gasteiger partial charge on any atom is -0.546 e. The number of aliphatic carboxylic acids is 1. The van der Waals surface area contributed by atoms with Crippen molar-refractivity contribution in [3.63, 3.8) is 0 Å². The first kappa shape index (κ1) is 25.0. The van der Waals surface area contributed by atoms with E-state index in [1.54, 1.807) is 19.1 Å². The van der Waals surface area contributed by atoms with Gasteiger partial charge in [0.2, 0.25) is 0 Å². The third-order valence-corrected chi connectivity index (χ3v) is 7.27. The number of carboxylic acids is 1. The number of carbonyl (C=O) groups is 1. The highest BCUT2D eigenvalue weighted by Gasteiger charge is 2.31. The zero-order valence-electron chi connectivity index (χ0n) is 19.8. The molecular weight excluding hydrogens is 479 g/mol. The molecule has 2 aromatic carbocycles. The second-order valence-electron chi connectivity index (χ2n) is 8.88. The van der Waals surface area contributed by atoms with Crippen LogP contribution in [0.1, 0.15) is 60.4 Å². The Labute approximate surface area is 204 Å². The summed E-state index contributed by atoms with van der Waals surface area (Å²) in [6.07, 6.45) is -4.03. The summed E-state index contributed by atoms with van der Waals surface area (Å²) in [5.41, 5.74) is 2.36. The van der Waals surface area contributed by atoms with E-state index < -0.39 is 23.8 Å². The van der Waals surface area contributed by atoms with Crippen molar-refractivity contribution in [2.24, 2.45) is 0 Å². The number of rotatable bonds is 8. The first-order chi connectivity index (χ1) is 16.5. The largest absolute Gasteiger partial charge is 0.546 e. The number of hydrogen-bond acceptors (Lipinski definition) is 6. The molecule has 0 fully saturated rings. The van der Waals surface area contributed by atoms with Crippen molar-refractivity contribution in [3.05, 3.63) is 57.6 Å². The maximum absolute atomic E-state index is 13.2. The Balaban J connectivity index is 1.62. The van der Waals surface area contributed by atoms with Crippen molar-refractivity contribution in [1.29, 1.82) is 0 Å². The van der Waals surface area contributed by atoms with E-state index in [-0.39, 0.29) is 12.3 Å². The van der Waals surface area contributed by atoms with Crippen LogP contribution in [0.25, 0.3) is 21.1 Å². The molecule has 4 aromatic rings. The average Bonchev–Trinajstić information content (AvgIpc) is 3.34. The van der Waals surface area contributed by atoms with Crippen molar-refractivity contribution in [2.45, 2.75) is 65.2 Å². The highest BCUT2D eigenvalue weighted by atomic mass is 32.1. The summed E-state index contributed by atoms with van der Waals surface area (Å²) in [4.78, 5) is 12.2. The molecule has 186 valence electrons. The number of benzene rings is 2. The van der Waals surface area contributed by atoms with Crippen LogP contribution >= 0.6 is 11.3 Å². The molecule has 2 aromatic heterocycles. The van der Waals surface area contributed by atoms with Gasteiger partial charge in [0.25, 0.3) is 0 Å². The summed E-state index contributed by atoms with van der Waals surface area (Å²) in [5, 5.41) is 17.1. The van der Waals surface area contributed by atoms with E-state index in [9.17, 15) is 23.1 Å². The molecule has 0 spiro atoms. The van der Waals surface area contributed by atoms with E-state index >= 15 is 0 Å². The van der Waals surface area contributed by atoms with Gasteiger partial charge in [-0.1, -0.05) is 32.0 Å². The summed E-state index contributed by atoms with van der Waals surface area (Å²) in [6, 6.07) is 7.41. The highest BCUT2D eigenvalue weighted by Crippen LogP contribution is 2.40. The lowest BCUT2D eigenvalue weighted by atomic mass is 9.96. The molecule has 35 heavy (non-hydrogen) atoms. The lowest BCUT2D eigenvalue weighted by Crippen LogP contribution is -2.39. The van der Waals surface area contributed by atoms with Gasteiger partial charge >= 0.3 is 6.18 Å².